The van der Waals surface area contributed by atoms with Gasteiger partial charge in [0.1, 0.15) is 11.2 Å². The highest BCUT2D eigenvalue weighted by Crippen LogP contribution is 2.35. The molecule has 4 N–H and O–H groups in total. The molecule has 0 spiro atoms. The lowest BCUT2D eigenvalue weighted by molar-refractivity contribution is -0.143. The van der Waals surface area contributed by atoms with Crippen LogP contribution >= 0.6 is 0 Å². The summed E-state index contributed by atoms with van der Waals surface area (Å²) in [4.78, 5) is 18.4. The number of amides is 1. The van der Waals surface area contributed by atoms with E-state index >= 15 is 0 Å². The maximum absolute atomic E-state index is 12.3. The van der Waals surface area contributed by atoms with Gasteiger partial charge in [0.15, 0.2) is 17.2 Å². The van der Waals surface area contributed by atoms with E-state index in [1.54, 1.807) is 13.1 Å². The van der Waals surface area contributed by atoms with Gasteiger partial charge >= 0.3 is 0 Å². The Bertz CT molecular complexity index is 1250. The predicted octanol–water partition coefficient (Wildman–Crippen LogP) is 1.91. The monoisotopic (exact) mass is 390 g/mol. The number of nitrogens with zero attached hydrogens (tertiary/aromatic N) is 4. The summed E-state index contributed by atoms with van der Waals surface area (Å²) in [7, 11) is 1.65. The first kappa shape index (κ1) is 17.4. The molecule has 1 amide bonds. The number of carbonyl (C=O) groups is 1. The van der Waals surface area contributed by atoms with Crippen LogP contribution in [0.25, 0.3) is 33.6 Å². The largest absolute Gasteiger partial charge is 0.380 e. The van der Waals surface area contributed by atoms with Gasteiger partial charge in [-0.1, -0.05) is 23.4 Å². The van der Waals surface area contributed by atoms with Gasteiger partial charge in [-0.2, -0.15) is 5.10 Å². The number of aromatic amines is 1. The number of benzene rings is 1. The fraction of sp³-hybridized carbons (Fsp3) is 0.200. The van der Waals surface area contributed by atoms with Crippen molar-refractivity contribution in [2.24, 2.45) is 0 Å². The summed E-state index contributed by atoms with van der Waals surface area (Å²) < 4.78 is 5.44. The molecule has 9 heteroatoms. The molecule has 1 aromatic carbocycles. The van der Waals surface area contributed by atoms with E-state index in [-0.39, 0.29) is 18.0 Å². The maximum Gasteiger partial charge on any atom is 0.260 e. The number of nitrogen functional groups attached to an aromatic ring is 1. The first-order chi connectivity index (χ1) is 14.0. The first-order valence-electron chi connectivity index (χ1n) is 9.12. The smallest absolute Gasteiger partial charge is 0.260 e. The standard InChI is InChI=1S/C20H18N6O3/c1-26-8-7-20(28,19(26)27)16-10-15(29-25-16)12-4-2-3-11(9-12)13-5-6-14-17(22-13)18(21)24-23-14/h2-6,9-10,28H,7-8H2,1H3,(H3,21,23,24)/t20-/m0/s1. The molecule has 4 aromatic rings. The van der Waals surface area contributed by atoms with E-state index < -0.39 is 5.60 Å². The van der Waals surface area contributed by atoms with Gasteiger partial charge in [-0.05, 0) is 18.2 Å². The average Bonchev–Trinajstić information content (AvgIpc) is 3.44. The number of likely N-dealkylation sites (N-methyl/N-ethyl adjacent to an activating group) is 1. The molecule has 0 aliphatic carbocycles. The van der Waals surface area contributed by atoms with Crippen molar-refractivity contribution in [2.75, 3.05) is 19.3 Å². The van der Waals surface area contributed by atoms with Gasteiger partial charge < -0.3 is 20.3 Å². The molecule has 146 valence electrons. The lowest BCUT2D eigenvalue weighted by atomic mass is 9.97. The van der Waals surface area contributed by atoms with Gasteiger partial charge in [-0.3, -0.25) is 9.89 Å². The number of aliphatic hydroxyl groups is 1. The summed E-state index contributed by atoms with van der Waals surface area (Å²) in [6.07, 6.45) is 0.282. The van der Waals surface area contributed by atoms with E-state index in [2.05, 4.69) is 20.3 Å². The van der Waals surface area contributed by atoms with E-state index in [0.717, 1.165) is 22.3 Å². The molecule has 1 fully saturated rings. The lowest BCUT2D eigenvalue weighted by Gasteiger charge is -2.16. The second-order valence-electron chi connectivity index (χ2n) is 7.20. The summed E-state index contributed by atoms with van der Waals surface area (Å²) in [5.41, 5.74) is 8.17. The van der Waals surface area contributed by atoms with E-state index in [1.165, 1.54) is 4.90 Å². The number of nitrogens with one attached hydrogen (secondary N) is 1. The van der Waals surface area contributed by atoms with Crippen molar-refractivity contribution < 1.29 is 14.4 Å². The van der Waals surface area contributed by atoms with Crippen LogP contribution < -0.4 is 5.73 Å². The molecular formula is C20H18N6O3. The van der Waals surface area contributed by atoms with Crippen molar-refractivity contribution >= 4 is 22.8 Å². The highest BCUT2D eigenvalue weighted by atomic mass is 16.5. The third-order valence-corrected chi connectivity index (χ3v) is 5.32. The van der Waals surface area contributed by atoms with Crippen molar-refractivity contribution in [3.05, 3.63) is 48.2 Å². The highest BCUT2D eigenvalue weighted by molar-refractivity contribution is 5.88. The summed E-state index contributed by atoms with van der Waals surface area (Å²) in [5, 5.41) is 21.5. The number of likely N-dealkylation sites (tertiary alicyclic amines) is 1. The Kier molecular flexibility index (Phi) is 3.68. The zero-order chi connectivity index (χ0) is 20.2. The molecule has 1 atom stereocenters. The number of carbonyl (C=O) groups excluding carboxylic acids is 1. The van der Waals surface area contributed by atoms with Crippen LogP contribution in [0.3, 0.4) is 0 Å². The van der Waals surface area contributed by atoms with Crippen LogP contribution in [0.4, 0.5) is 5.82 Å². The quantitative estimate of drug-likeness (QED) is 0.486. The van der Waals surface area contributed by atoms with Crippen LogP contribution in [0.15, 0.2) is 47.0 Å². The van der Waals surface area contributed by atoms with E-state index in [0.29, 0.717) is 23.6 Å². The van der Waals surface area contributed by atoms with Gasteiger partial charge in [0.2, 0.25) is 0 Å². The minimum Gasteiger partial charge on any atom is -0.380 e. The third-order valence-electron chi connectivity index (χ3n) is 5.32. The normalized spacial score (nSPS) is 19.4. The number of nitrogens with two attached hydrogens (primary N) is 1. The fourth-order valence-electron chi connectivity index (χ4n) is 3.61. The summed E-state index contributed by atoms with van der Waals surface area (Å²) in [6.45, 7) is 0.471. The van der Waals surface area contributed by atoms with Crippen LogP contribution in [-0.2, 0) is 10.4 Å². The Hall–Kier alpha value is -3.72. The third kappa shape index (κ3) is 2.66. The zero-order valence-corrected chi connectivity index (χ0v) is 15.6. The highest BCUT2D eigenvalue weighted by Gasteiger charge is 2.47. The van der Waals surface area contributed by atoms with Crippen molar-refractivity contribution in [1.29, 1.82) is 0 Å². The molecule has 1 aliphatic heterocycles. The minimum atomic E-state index is -1.64. The van der Waals surface area contributed by atoms with Crippen LogP contribution in [0, 0.1) is 0 Å². The molecule has 0 saturated carbocycles. The van der Waals surface area contributed by atoms with Crippen LogP contribution in [-0.4, -0.2) is 49.8 Å². The number of pyridine rings is 1. The van der Waals surface area contributed by atoms with Crippen molar-refractivity contribution in [3.63, 3.8) is 0 Å². The number of anilines is 1. The van der Waals surface area contributed by atoms with Crippen LogP contribution in [0.1, 0.15) is 12.1 Å². The van der Waals surface area contributed by atoms with Gasteiger partial charge in [-0.15, -0.1) is 0 Å². The molecule has 1 saturated heterocycles. The minimum absolute atomic E-state index is 0.220. The molecule has 4 heterocycles. The number of fused-ring (bicyclic) bond motifs is 1. The topological polar surface area (TPSA) is 134 Å². The molecule has 0 bridgehead atoms. The lowest BCUT2D eigenvalue weighted by Crippen LogP contribution is -2.36. The Morgan fingerprint density at radius 2 is 2.07 bits per heavy atom. The number of hydrogen-bond donors (Lipinski definition) is 3. The summed E-state index contributed by atoms with van der Waals surface area (Å²) in [5.74, 6) is 0.431. The Labute approximate surface area is 165 Å². The maximum atomic E-state index is 12.3. The van der Waals surface area contributed by atoms with E-state index in [4.69, 9.17) is 10.3 Å². The average molecular weight is 390 g/mol. The molecule has 29 heavy (non-hydrogen) atoms. The second kappa shape index (κ2) is 6.14. The van der Waals surface area contributed by atoms with Crippen molar-refractivity contribution in [1.82, 2.24) is 25.2 Å². The van der Waals surface area contributed by atoms with Crippen LogP contribution in [0.2, 0.25) is 0 Å². The molecule has 0 radical (unpaired) electrons. The van der Waals surface area contributed by atoms with Gasteiger partial charge in [-0.25, -0.2) is 4.98 Å². The molecule has 3 aromatic heterocycles. The fourth-order valence-corrected chi connectivity index (χ4v) is 3.61. The van der Waals surface area contributed by atoms with Crippen molar-refractivity contribution in [3.8, 4) is 22.6 Å². The Balaban J connectivity index is 1.51. The molecular weight excluding hydrogens is 372 g/mol. The van der Waals surface area contributed by atoms with Gasteiger partial charge in [0, 0.05) is 37.2 Å². The molecule has 5 rings (SSSR count). The number of H-pyrrole nitrogens is 1. The van der Waals surface area contributed by atoms with Gasteiger partial charge in [0.05, 0.1) is 11.2 Å². The Morgan fingerprint density at radius 1 is 1.24 bits per heavy atom. The first-order valence-corrected chi connectivity index (χ1v) is 9.12. The van der Waals surface area contributed by atoms with Crippen LogP contribution in [0.5, 0.6) is 0 Å². The summed E-state index contributed by atoms with van der Waals surface area (Å²) in [6, 6.07) is 12.9. The molecule has 1 aliphatic rings. The number of rotatable bonds is 3. The van der Waals surface area contributed by atoms with E-state index in [9.17, 15) is 9.90 Å². The predicted molar refractivity (Wildman–Crippen MR) is 105 cm³/mol. The van der Waals surface area contributed by atoms with E-state index in [1.807, 2.05) is 36.4 Å². The molecule has 0 unspecified atom stereocenters. The van der Waals surface area contributed by atoms with Gasteiger partial charge in [0.25, 0.3) is 5.91 Å². The number of hydrogen-bond acceptors (Lipinski definition) is 7. The number of aromatic nitrogens is 4. The molecule has 9 nitrogen and oxygen atoms in total. The summed E-state index contributed by atoms with van der Waals surface area (Å²) >= 11 is 0. The SMILES string of the molecule is CN1CC[C@](O)(c2cc(-c3cccc(-c4ccc5[nH]nc(N)c5n4)c3)on2)C1=O. The zero-order valence-electron chi connectivity index (χ0n) is 15.6. The Morgan fingerprint density at radius 3 is 2.86 bits per heavy atom. The second-order valence-corrected chi connectivity index (χ2v) is 7.20. The van der Waals surface area contributed by atoms with Crippen molar-refractivity contribution in [2.45, 2.75) is 12.0 Å².